The van der Waals surface area contributed by atoms with E-state index in [2.05, 4.69) is 5.32 Å². The summed E-state index contributed by atoms with van der Waals surface area (Å²) < 4.78 is 1.68. The average Bonchev–Trinajstić information content (AvgIpc) is 2.58. The third kappa shape index (κ3) is 3.65. The van der Waals surface area contributed by atoms with Crippen molar-refractivity contribution >= 4 is 34.1 Å². The molecule has 0 aliphatic rings. The average molecular weight is 369 g/mol. The predicted molar refractivity (Wildman–Crippen MR) is 107 cm³/mol. The fourth-order valence-corrected chi connectivity index (χ4v) is 3.30. The second kappa shape index (κ2) is 7.34. The molecule has 2 aromatic carbocycles. The Bertz CT molecular complexity index is 1050. The van der Waals surface area contributed by atoms with Gasteiger partial charge in [-0.05, 0) is 49.6 Å². The molecule has 0 saturated carbocycles. The van der Waals surface area contributed by atoms with E-state index in [4.69, 9.17) is 11.6 Å². The minimum Gasteiger partial charge on any atom is -0.326 e. The van der Waals surface area contributed by atoms with Crippen molar-refractivity contribution in [3.05, 3.63) is 74.5 Å². The summed E-state index contributed by atoms with van der Waals surface area (Å²) >= 11 is 6.09. The van der Waals surface area contributed by atoms with Crippen molar-refractivity contribution in [2.45, 2.75) is 33.7 Å². The number of pyridine rings is 1. The van der Waals surface area contributed by atoms with Gasteiger partial charge in [-0.2, -0.15) is 0 Å². The van der Waals surface area contributed by atoms with Crippen LogP contribution in [0.3, 0.4) is 0 Å². The maximum atomic E-state index is 12.5. The van der Waals surface area contributed by atoms with Crippen LogP contribution in [0.25, 0.3) is 10.9 Å². The largest absolute Gasteiger partial charge is 0.326 e. The van der Waals surface area contributed by atoms with Crippen LogP contribution in [0, 0.1) is 20.8 Å². The van der Waals surface area contributed by atoms with Crippen LogP contribution in [-0.4, -0.2) is 10.5 Å². The molecule has 0 bridgehead atoms. The molecule has 3 aromatic rings. The number of hydrogen-bond donors (Lipinski definition) is 1. The number of amides is 1. The molecule has 5 heteroatoms. The summed E-state index contributed by atoms with van der Waals surface area (Å²) in [4.78, 5) is 24.8. The van der Waals surface area contributed by atoms with E-state index in [1.165, 1.54) is 0 Å². The summed E-state index contributed by atoms with van der Waals surface area (Å²) in [5.41, 5.74) is 4.39. The summed E-state index contributed by atoms with van der Waals surface area (Å²) in [6.07, 6.45) is 0.206. The normalized spacial score (nSPS) is 10.9. The number of rotatable bonds is 4. The van der Waals surface area contributed by atoms with Crippen molar-refractivity contribution in [3.63, 3.8) is 0 Å². The zero-order chi connectivity index (χ0) is 18.8. The first kappa shape index (κ1) is 18.2. The molecule has 4 nitrogen and oxygen atoms in total. The minimum absolute atomic E-state index is 0.0875. The Morgan fingerprint density at radius 2 is 1.81 bits per heavy atom. The van der Waals surface area contributed by atoms with Crippen LogP contribution < -0.4 is 10.9 Å². The number of carbonyl (C=O) groups excluding carboxylic acids is 1. The number of nitrogens with one attached hydrogen (secondary N) is 1. The van der Waals surface area contributed by atoms with Gasteiger partial charge in [0.05, 0.1) is 5.52 Å². The summed E-state index contributed by atoms with van der Waals surface area (Å²) in [7, 11) is 0. The molecule has 26 heavy (non-hydrogen) atoms. The van der Waals surface area contributed by atoms with Gasteiger partial charge < -0.3 is 9.88 Å². The molecule has 0 spiro atoms. The highest BCUT2D eigenvalue weighted by Crippen LogP contribution is 2.21. The molecular formula is C21H21ClN2O2. The number of para-hydroxylation sites is 1. The molecular weight excluding hydrogens is 348 g/mol. The van der Waals surface area contributed by atoms with E-state index >= 15 is 0 Å². The third-order valence-electron chi connectivity index (χ3n) is 4.56. The quantitative estimate of drug-likeness (QED) is 0.731. The van der Waals surface area contributed by atoms with Gasteiger partial charge in [-0.15, -0.1) is 0 Å². The molecule has 0 fully saturated rings. The van der Waals surface area contributed by atoms with Crippen molar-refractivity contribution in [3.8, 4) is 0 Å². The standard InChI is InChI=1S/C21H21ClN2O2/c1-13-7-8-16(12-18(13)22)23-19(25)9-10-24-20(26)11-15(3)17-6-4-5-14(2)21(17)24/h4-8,11-12H,9-10H2,1-3H3,(H,23,25). The smallest absolute Gasteiger partial charge is 0.251 e. The van der Waals surface area contributed by atoms with Crippen LogP contribution in [0.1, 0.15) is 23.1 Å². The van der Waals surface area contributed by atoms with Crippen LogP contribution in [0.5, 0.6) is 0 Å². The molecule has 0 unspecified atom stereocenters. The number of anilines is 1. The van der Waals surface area contributed by atoms with E-state index in [9.17, 15) is 9.59 Å². The Balaban J connectivity index is 1.82. The summed E-state index contributed by atoms with van der Waals surface area (Å²) in [6.45, 7) is 6.14. The first-order chi connectivity index (χ1) is 12.4. The fourth-order valence-electron chi connectivity index (χ4n) is 3.12. The number of carbonyl (C=O) groups is 1. The van der Waals surface area contributed by atoms with Crippen LogP contribution in [0.2, 0.25) is 5.02 Å². The third-order valence-corrected chi connectivity index (χ3v) is 4.96. The molecule has 0 aliphatic heterocycles. The number of aromatic nitrogens is 1. The molecule has 134 valence electrons. The fraction of sp³-hybridized carbons (Fsp3) is 0.238. The van der Waals surface area contributed by atoms with Crippen molar-refractivity contribution in [1.29, 1.82) is 0 Å². The lowest BCUT2D eigenvalue weighted by molar-refractivity contribution is -0.116. The van der Waals surface area contributed by atoms with E-state index in [0.29, 0.717) is 17.3 Å². The van der Waals surface area contributed by atoms with Gasteiger partial charge in [0.25, 0.3) is 5.56 Å². The molecule has 0 radical (unpaired) electrons. The van der Waals surface area contributed by atoms with Gasteiger partial charge in [-0.1, -0.05) is 35.9 Å². The molecule has 1 aromatic heterocycles. The Hall–Kier alpha value is -2.59. The van der Waals surface area contributed by atoms with E-state index in [1.54, 1.807) is 16.7 Å². The lowest BCUT2D eigenvalue weighted by Crippen LogP contribution is -2.24. The zero-order valence-electron chi connectivity index (χ0n) is 15.1. The first-order valence-corrected chi connectivity index (χ1v) is 8.90. The van der Waals surface area contributed by atoms with Crippen LogP contribution in [-0.2, 0) is 11.3 Å². The highest BCUT2D eigenvalue weighted by atomic mass is 35.5. The topological polar surface area (TPSA) is 51.1 Å². The van der Waals surface area contributed by atoms with Gasteiger partial charge in [-0.3, -0.25) is 9.59 Å². The van der Waals surface area contributed by atoms with E-state index in [-0.39, 0.29) is 17.9 Å². The predicted octanol–water partition coefficient (Wildman–Crippen LogP) is 4.61. The van der Waals surface area contributed by atoms with Gasteiger partial charge in [0.2, 0.25) is 5.91 Å². The summed E-state index contributed by atoms with van der Waals surface area (Å²) in [6, 6.07) is 13.0. The lowest BCUT2D eigenvalue weighted by atomic mass is 10.1. The lowest BCUT2D eigenvalue weighted by Gasteiger charge is -2.14. The molecule has 1 heterocycles. The Labute approximate surface area is 157 Å². The minimum atomic E-state index is -0.154. The second-order valence-corrected chi connectivity index (χ2v) is 6.96. The first-order valence-electron chi connectivity index (χ1n) is 8.52. The maximum Gasteiger partial charge on any atom is 0.251 e. The van der Waals surface area contributed by atoms with Crippen LogP contribution in [0.15, 0.2) is 47.3 Å². The van der Waals surface area contributed by atoms with Gasteiger partial charge in [0.15, 0.2) is 0 Å². The summed E-state index contributed by atoms with van der Waals surface area (Å²) in [5.74, 6) is -0.154. The maximum absolute atomic E-state index is 12.5. The van der Waals surface area contributed by atoms with Gasteiger partial charge in [0.1, 0.15) is 0 Å². The van der Waals surface area contributed by atoms with Crippen molar-refractivity contribution in [2.75, 3.05) is 5.32 Å². The van der Waals surface area contributed by atoms with E-state index in [1.807, 2.05) is 51.1 Å². The Morgan fingerprint density at radius 1 is 1.04 bits per heavy atom. The number of fused-ring (bicyclic) bond motifs is 1. The number of benzene rings is 2. The number of hydrogen-bond acceptors (Lipinski definition) is 2. The van der Waals surface area contributed by atoms with E-state index < -0.39 is 0 Å². The second-order valence-electron chi connectivity index (χ2n) is 6.55. The molecule has 3 rings (SSSR count). The van der Waals surface area contributed by atoms with Crippen LogP contribution in [0.4, 0.5) is 5.69 Å². The monoisotopic (exact) mass is 368 g/mol. The zero-order valence-corrected chi connectivity index (χ0v) is 15.9. The molecule has 1 N–H and O–H groups in total. The van der Waals surface area contributed by atoms with Gasteiger partial charge >= 0.3 is 0 Å². The van der Waals surface area contributed by atoms with E-state index in [0.717, 1.165) is 27.6 Å². The molecule has 1 amide bonds. The molecule has 0 saturated heterocycles. The van der Waals surface area contributed by atoms with Crippen molar-refractivity contribution in [2.24, 2.45) is 0 Å². The van der Waals surface area contributed by atoms with Crippen LogP contribution >= 0.6 is 11.6 Å². The number of aryl methyl sites for hydroxylation is 4. The summed E-state index contributed by atoms with van der Waals surface area (Å²) in [5, 5.41) is 4.48. The van der Waals surface area contributed by atoms with Crippen molar-refractivity contribution < 1.29 is 4.79 Å². The SMILES string of the molecule is Cc1ccc(NC(=O)CCn2c(=O)cc(C)c3cccc(C)c32)cc1Cl. The number of halogens is 1. The van der Waals surface area contributed by atoms with Gasteiger partial charge in [0, 0.05) is 35.1 Å². The highest BCUT2D eigenvalue weighted by Gasteiger charge is 2.11. The Kier molecular flexibility index (Phi) is 5.14. The molecule has 0 atom stereocenters. The Morgan fingerprint density at radius 3 is 2.54 bits per heavy atom. The number of nitrogens with zero attached hydrogens (tertiary/aromatic N) is 1. The molecule has 0 aliphatic carbocycles. The highest BCUT2D eigenvalue weighted by molar-refractivity contribution is 6.31. The van der Waals surface area contributed by atoms with Crippen molar-refractivity contribution in [1.82, 2.24) is 4.57 Å². The van der Waals surface area contributed by atoms with Gasteiger partial charge in [-0.25, -0.2) is 0 Å².